The predicted molar refractivity (Wildman–Crippen MR) is 114 cm³/mol. The number of benzene rings is 3. The molecule has 0 unspecified atom stereocenters. The fourth-order valence-corrected chi connectivity index (χ4v) is 3.57. The van der Waals surface area contributed by atoms with Crippen LogP contribution in [-0.4, -0.2) is 27.1 Å². The van der Waals surface area contributed by atoms with E-state index in [2.05, 4.69) is 5.32 Å². The Morgan fingerprint density at radius 2 is 1.60 bits per heavy atom. The summed E-state index contributed by atoms with van der Waals surface area (Å²) in [6, 6.07) is 21.3. The summed E-state index contributed by atoms with van der Waals surface area (Å²) in [5.41, 5.74) is 1.72. The molecule has 0 saturated heterocycles. The standard InChI is InChI=1S/C22H21FN2O4S/c1-30(27,28)25(15-22(26)24-19-9-7-18(23)8-10-19)20-11-13-21(14-12-20)29-16-17-5-3-2-4-6-17/h2-14H,15-16H2,1H3,(H,24,26). The van der Waals surface area contributed by atoms with Crippen molar-refractivity contribution < 1.29 is 22.3 Å². The van der Waals surface area contributed by atoms with Crippen molar-refractivity contribution >= 4 is 27.3 Å². The van der Waals surface area contributed by atoms with Gasteiger partial charge in [-0.05, 0) is 54.1 Å². The Labute approximate surface area is 175 Å². The summed E-state index contributed by atoms with van der Waals surface area (Å²) in [6.45, 7) is -0.0313. The molecule has 0 aromatic heterocycles. The molecule has 0 aliphatic heterocycles. The van der Waals surface area contributed by atoms with E-state index in [1.165, 1.54) is 24.3 Å². The highest BCUT2D eigenvalue weighted by molar-refractivity contribution is 7.92. The normalized spacial score (nSPS) is 11.0. The zero-order valence-electron chi connectivity index (χ0n) is 16.3. The number of carbonyl (C=O) groups is 1. The van der Waals surface area contributed by atoms with Crippen LogP contribution in [0.1, 0.15) is 5.56 Å². The highest BCUT2D eigenvalue weighted by Crippen LogP contribution is 2.22. The van der Waals surface area contributed by atoms with Crippen LogP contribution in [0.5, 0.6) is 5.75 Å². The van der Waals surface area contributed by atoms with Gasteiger partial charge in [-0.1, -0.05) is 30.3 Å². The van der Waals surface area contributed by atoms with E-state index in [0.717, 1.165) is 16.1 Å². The van der Waals surface area contributed by atoms with Gasteiger partial charge in [-0.25, -0.2) is 12.8 Å². The number of hydrogen-bond acceptors (Lipinski definition) is 4. The van der Waals surface area contributed by atoms with Gasteiger partial charge in [0, 0.05) is 5.69 Å². The first-order chi connectivity index (χ1) is 14.3. The van der Waals surface area contributed by atoms with Crippen molar-refractivity contribution in [2.24, 2.45) is 0 Å². The molecule has 3 rings (SSSR count). The molecule has 0 spiro atoms. The van der Waals surface area contributed by atoms with Crippen molar-refractivity contribution in [1.82, 2.24) is 0 Å². The third-order valence-electron chi connectivity index (χ3n) is 4.19. The molecule has 0 bridgehead atoms. The summed E-state index contributed by atoms with van der Waals surface area (Å²) in [6.07, 6.45) is 1.03. The van der Waals surface area contributed by atoms with E-state index in [0.29, 0.717) is 23.7 Å². The number of ether oxygens (including phenoxy) is 1. The van der Waals surface area contributed by atoms with Crippen LogP contribution >= 0.6 is 0 Å². The highest BCUT2D eigenvalue weighted by atomic mass is 32.2. The molecule has 1 amide bonds. The molecule has 1 N–H and O–H groups in total. The summed E-state index contributed by atoms with van der Waals surface area (Å²) in [5.74, 6) is -0.399. The first-order valence-corrected chi connectivity index (χ1v) is 11.0. The number of halogens is 1. The Morgan fingerprint density at radius 1 is 0.967 bits per heavy atom. The van der Waals surface area contributed by atoms with Crippen molar-refractivity contribution in [3.63, 3.8) is 0 Å². The van der Waals surface area contributed by atoms with Crippen molar-refractivity contribution in [3.05, 3.63) is 90.2 Å². The molecule has 30 heavy (non-hydrogen) atoms. The van der Waals surface area contributed by atoms with Gasteiger partial charge in [-0.2, -0.15) is 0 Å². The van der Waals surface area contributed by atoms with Gasteiger partial charge in [0.25, 0.3) is 0 Å². The molecule has 0 atom stereocenters. The molecule has 156 valence electrons. The van der Waals surface area contributed by atoms with Crippen molar-refractivity contribution in [2.75, 3.05) is 22.4 Å². The minimum Gasteiger partial charge on any atom is -0.489 e. The second-order valence-corrected chi connectivity index (χ2v) is 8.50. The van der Waals surface area contributed by atoms with Gasteiger partial charge in [-0.15, -0.1) is 0 Å². The second kappa shape index (κ2) is 9.41. The minimum atomic E-state index is -3.71. The SMILES string of the molecule is CS(=O)(=O)N(CC(=O)Nc1ccc(F)cc1)c1ccc(OCc2ccccc2)cc1. The fourth-order valence-electron chi connectivity index (χ4n) is 2.71. The predicted octanol–water partition coefficient (Wildman–Crippen LogP) is 3.81. The van der Waals surface area contributed by atoms with Crippen LogP contribution in [0.2, 0.25) is 0 Å². The average molecular weight is 428 g/mol. The number of sulfonamides is 1. The number of amides is 1. The second-order valence-electron chi connectivity index (χ2n) is 6.59. The van der Waals surface area contributed by atoms with Crippen molar-refractivity contribution in [3.8, 4) is 5.75 Å². The zero-order valence-corrected chi connectivity index (χ0v) is 17.1. The number of hydrogen-bond donors (Lipinski definition) is 1. The minimum absolute atomic E-state index is 0.332. The Morgan fingerprint density at radius 3 is 2.20 bits per heavy atom. The lowest BCUT2D eigenvalue weighted by Crippen LogP contribution is -2.37. The maximum atomic E-state index is 13.0. The summed E-state index contributed by atoms with van der Waals surface area (Å²) in [5, 5.41) is 2.55. The number of rotatable bonds is 8. The number of anilines is 2. The lowest BCUT2D eigenvalue weighted by molar-refractivity contribution is -0.114. The Hall–Kier alpha value is -3.39. The van der Waals surface area contributed by atoms with Gasteiger partial charge in [-0.3, -0.25) is 9.10 Å². The van der Waals surface area contributed by atoms with Crippen LogP contribution in [0.25, 0.3) is 0 Å². The molecule has 6 nitrogen and oxygen atoms in total. The smallest absolute Gasteiger partial charge is 0.245 e. The highest BCUT2D eigenvalue weighted by Gasteiger charge is 2.21. The van der Waals surface area contributed by atoms with E-state index < -0.39 is 28.3 Å². The lowest BCUT2D eigenvalue weighted by Gasteiger charge is -2.22. The van der Waals surface area contributed by atoms with E-state index in [-0.39, 0.29) is 0 Å². The maximum Gasteiger partial charge on any atom is 0.245 e. The van der Waals surface area contributed by atoms with Gasteiger partial charge >= 0.3 is 0 Å². The number of nitrogens with zero attached hydrogens (tertiary/aromatic N) is 1. The van der Waals surface area contributed by atoms with Gasteiger partial charge in [0.1, 0.15) is 24.7 Å². The summed E-state index contributed by atoms with van der Waals surface area (Å²) in [4.78, 5) is 12.3. The Bertz CT molecular complexity index is 1090. The third-order valence-corrected chi connectivity index (χ3v) is 5.33. The van der Waals surface area contributed by atoms with Gasteiger partial charge < -0.3 is 10.1 Å². The Kier molecular flexibility index (Phi) is 6.68. The molecule has 3 aromatic carbocycles. The molecule has 0 fully saturated rings. The largest absolute Gasteiger partial charge is 0.489 e. The molecule has 0 saturated carbocycles. The molecule has 0 aliphatic rings. The topological polar surface area (TPSA) is 75.7 Å². The molecular formula is C22H21FN2O4S. The monoisotopic (exact) mass is 428 g/mol. The molecule has 0 heterocycles. The first kappa shape index (κ1) is 21.3. The van der Waals surface area contributed by atoms with Crippen LogP contribution in [0.3, 0.4) is 0 Å². The van der Waals surface area contributed by atoms with Crippen molar-refractivity contribution in [1.29, 1.82) is 0 Å². The van der Waals surface area contributed by atoms with Crippen molar-refractivity contribution in [2.45, 2.75) is 6.61 Å². The van der Waals surface area contributed by atoms with Gasteiger partial charge in [0.2, 0.25) is 15.9 Å². The molecular weight excluding hydrogens is 407 g/mol. The Balaban J connectivity index is 1.67. The summed E-state index contributed by atoms with van der Waals surface area (Å²) >= 11 is 0. The van der Waals surface area contributed by atoms with Gasteiger partial charge in [0.15, 0.2) is 0 Å². The van der Waals surface area contributed by atoms with Crippen LogP contribution in [0.4, 0.5) is 15.8 Å². The van der Waals surface area contributed by atoms with Crippen LogP contribution < -0.4 is 14.4 Å². The fraction of sp³-hybridized carbons (Fsp3) is 0.136. The van der Waals surface area contributed by atoms with E-state index in [9.17, 15) is 17.6 Å². The molecule has 3 aromatic rings. The molecule has 0 radical (unpaired) electrons. The number of nitrogens with one attached hydrogen (secondary N) is 1. The van der Waals surface area contributed by atoms with E-state index in [4.69, 9.17) is 4.74 Å². The quantitative estimate of drug-likeness (QED) is 0.592. The zero-order chi connectivity index (χ0) is 21.6. The van der Waals surface area contributed by atoms with E-state index >= 15 is 0 Å². The lowest BCUT2D eigenvalue weighted by atomic mass is 10.2. The van der Waals surface area contributed by atoms with Crippen LogP contribution in [0.15, 0.2) is 78.9 Å². The van der Waals surface area contributed by atoms with Crippen LogP contribution in [-0.2, 0) is 21.4 Å². The third kappa shape index (κ3) is 6.05. The average Bonchev–Trinajstić information content (AvgIpc) is 2.73. The molecule has 0 aliphatic carbocycles. The van der Waals surface area contributed by atoms with E-state index in [1.54, 1.807) is 24.3 Å². The summed E-state index contributed by atoms with van der Waals surface area (Å²) in [7, 11) is -3.71. The van der Waals surface area contributed by atoms with E-state index in [1.807, 2.05) is 30.3 Å². The first-order valence-electron chi connectivity index (χ1n) is 9.11. The number of carbonyl (C=O) groups excluding carboxylic acids is 1. The maximum absolute atomic E-state index is 13.0. The van der Waals surface area contributed by atoms with Crippen LogP contribution in [0, 0.1) is 5.82 Å². The van der Waals surface area contributed by atoms with Gasteiger partial charge in [0.05, 0.1) is 11.9 Å². The summed E-state index contributed by atoms with van der Waals surface area (Å²) < 4.78 is 44.1. The molecule has 8 heteroatoms.